The first-order chi connectivity index (χ1) is 13.5. The number of nitrogens with zero attached hydrogens (tertiary/aromatic N) is 1. The highest BCUT2D eigenvalue weighted by atomic mass is 35.5. The second kappa shape index (κ2) is 8.54. The minimum atomic E-state index is -0.401. The van der Waals surface area contributed by atoms with Crippen molar-refractivity contribution in [2.45, 2.75) is 6.92 Å². The van der Waals surface area contributed by atoms with Crippen LogP contribution >= 0.6 is 11.6 Å². The third-order valence-electron chi connectivity index (χ3n) is 3.96. The summed E-state index contributed by atoms with van der Waals surface area (Å²) in [6, 6.07) is 15.4. The van der Waals surface area contributed by atoms with E-state index in [2.05, 4.69) is 15.6 Å². The van der Waals surface area contributed by atoms with Crippen LogP contribution in [-0.4, -0.2) is 23.8 Å². The molecule has 0 fully saturated rings. The summed E-state index contributed by atoms with van der Waals surface area (Å²) in [5, 5.41) is 6.40. The van der Waals surface area contributed by atoms with Crippen LogP contribution in [0.25, 0.3) is 0 Å². The molecule has 0 aliphatic carbocycles. The Morgan fingerprint density at radius 3 is 2.57 bits per heavy atom. The monoisotopic (exact) mass is 395 g/mol. The number of ketones is 1. The molecule has 0 bridgehead atoms. The molecule has 0 aliphatic heterocycles. The lowest BCUT2D eigenvalue weighted by atomic mass is 10.1. The van der Waals surface area contributed by atoms with E-state index in [-0.39, 0.29) is 11.5 Å². The molecule has 28 heavy (non-hydrogen) atoms. The van der Waals surface area contributed by atoms with Gasteiger partial charge in [-0.2, -0.15) is 0 Å². The highest BCUT2D eigenvalue weighted by Crippen LogP contribution is 2.28. The van der Waals surface area contributed by atoms with Crippen molar-refractivity contribution in [2.24, 2.45) is 0 Å². The van der Waals surface area contributed by atoms with E-state index in [1.165, 1.54) is 20.2 Å². The number of halogens is 1. The summed E-state index contributed by atoms with van der Waals surface area (Å²) >= 11 is 6.00. The average molecular weight is 396 g/mol. The molecule has 0 unspecified atom stereocenters. The fraction of sp³-hybridized carbons (Fsp3) is 0.0952. The minimum Gasteiger partial charge on any atom is -0.495 e. The van der Waals surface area contributed by atoms with Crippen molar-refractivity contribution in [3.63, 3.8) is 0 Å². The summed E-state index contributed by atoms with van der Waals surface area (Å²) in [7, 11) is 1.51. The van der Waals surface area contributed by atoms with Gasteiger partial charge in [0, 0.05) is 28.2 Å². The molecule has 2 N–H and O–H groups in total. The first-order valence-corrected chi connectivity index (χ1v) is 8.83. The molecular formula is C21H18ClN3O3. The van der Waals surface area contributed by atoms with E-state index in [1.54, 1.807) is 48.5 Å². The van der Waals surface area contributed by atoms with Crippen molar-refractivity contribution < 1.29 is 14.3 Å². The molecule has 3 aromatic rings. The Kier molecular flexibility index (Phi) is 5.91. The number of methoxy groups -OCH3 is 1. The maximum absolute atomic E-state index is 12.6. The van der Waals surface area contributed by atoms with Gasteiger partial charge in [-0.25, -0.2) is 0 Å². The number of nitrogens with one attached hydrogen (secondary N) is 2. The van der Waals surface area contributed by atoms with Gasteiger partial charge in [-0.1, -0.05) is 23.7 Å². The standard InChI is InChI=1S/C21H18ClN3O3/c1-13(26)14-4-3-5-16(10-14)24-17-8-9-23-19(12-17)21(27)25-18-11-15(22)6-7-20(18)28-2/h3-12H,1-2H3,(H,23,24)(H,25,27). The molecule has 3 rings (SSSR count). The fourth-order valence-corrected chi connectivity index (χ4v) is 2.75. The SMILES string of the molecule is COc1ccc(Cl)cc1NC(=O)c1cc(Nc2cccc(C(C)=O)c2)ccn1. The Labute approximate surface area is 167 Å². The Morgan fingerprint density at radius 2 is 1.82 bits per heavy atom. The number of hydrogen-bond acceptors (Lipinski definition) is 5. The predicted octanol–water partition coefficient (Wildman–Crippen LogP) is 4.94. The quantitative estimate of drug-likeness (QED) is 0.577. The van der Waals surface area contributed by atoms with E-state index >= 15 is 0 Å². The fourth-order valence-electron chi connectivity index (χ4n) is 2.58. The van der Waals surface area contributed by atoms with Gasteiger partial charge in [-0.15, -0.1) is 0 Å². The van der Waals surface area contributed by atoms with Gasteiger partial charge in [0.05, 0.1) is 12.8 Å². The summed E-state index contributed by atoms with van der Waals surface area (Å²) in [5.41, 5.74) is 2.68. The highest BCUT2D eigenvalue weighted by molar-refractivity contribution is 6.31. The molecule has 0 radical (unpaired) electrons. The zero-order chi connectivity index (χ0) is 20.1. The maximum atomic E-state index is 12.6. The number of amides is 1. The zero-order valence-electron chi connectivity index (χ0n) is 15.3. The van der Waals surface area contributed by atoms with Gasteiger partial charge in [0.15, 0.2) is 5.78 Å². The number of benzene rings is 2. The van der Waals surface area contributed by atoms with E-state index < -0.39 is 5.91 Å². The molecule has 0 saturated carbocycles. The summed E-state index contributed by atoms with van der Waals surface area (Å²) in [6.45, 7) is 1.51. The van der Waals surface area contributed by atoms with Crippen LogP contribution in [0.4, 0.5) is 17.1 Å². The Balaban J connectivity index is 1.79. The van der Waals surface area contributed by atoms with Crippen LogP contribution in [0.5, 0.6) is 5.75 Å². The van der Waals surface area contributed by atoms with Crippen LogP contribution in [0.2, 0.25) is 5.02 Å². The number of anilines is 3. The second-order valence-electron chi connectivity index (χ2n) is 5.99. The largest absolute Gasteiger partial charge is 0.495 e. The lowest BCUT2D eigenvalue weighted by Crippen LogP contribution is -2.14. The summed E-state index contributed by atoms with van der Waals surface area (Å²) in [4.78, 5) is 28.3. The van der Waals surface area contributed by atoms with Crippen LogP contribution in [0.15, 0.2) is 60.8 Å². The van der Waals surface area contributed by atoms with Gasteiger partial charge in [-0.3, -0.25) is 14.6 Å². The van der Waals surface area contributed by atoms with E-state index in [0.29, 0.717) is 27.7 Å². The van der Waals surface area contributed by atoms with Crippen molar-refractivity contribution in [3.05, 3.63) is 77.1 Å². The van der Waals surface area contributed by atoms with Crippen LogP contribution in [-0.2, 0) is 0 Å². The highest BCUT2D eigenvalue weighted by Gasteiger charge is 2.12. The third kappa shape index (κ3) is 4.66. The van der Waals surface area contributed by atoms with Crippen LogP contribution < -0.4 is 15.4 Å². The molecule has 6 nitrogen and oxygen atoms in total. The molecular weight excluding hydrogens is 378 g/mol. The topological polar surface area (TPSA) is 80.3 Å². The molecule has 0 atom stereocenters. The second-order valence-corrected chi connectivity index (χ2v) is 6.43. The van der Waals surface area contributed by atoms with Crippen LogP contribution in [0.1, 0.15) is 27.8 Å². The first-order valence-electron chi connectivity index (χ1n) is 8.45. The molecule has 1 amide bonds. The zero-order valence-corrected chi connectivity index (χ0v) is 16.1. The number of ether oxygens (including phenoxy) is 1. The Morgan fingerprint density at radius 1 is 1.04 bits per heavy atom. The number of carbonyl (C=O) groups excluding carboxylic acids is 2. The van der Waals surface area contributed by atoms with Gasteiger partial charge >= 0.3 is 0 Å². The predicted molar refractivity (Wildman–Crippen MR) is 110 cm³/mol. The van der Waals surface area contributed by atoms with Crippen LogP contribution in [0, 0.1) is 0 Å². The molecule has 0 aliphatic rings. The van der Waals surface area contributed by atoms with Crippen LogP contribution in [0.3, 0.4) is 0 Å². The number of Topliss-reactive ketones (excluding diaryl/α,β-unsaturated/α-hetero) is 1. The summed E-state index contributed by atoms with van der Waals surface area (Å²) in [5.74, 6) is 0.0729. The smallest absolute Gasteiger partial charge is 0.274 e. The Hall–Kier alpha value is -3.38. The van der Waals surface area contributed by atoms with Gasteiger partial charge < -0.3 is 15.4 Å². The van der Waals surface area contributed by atoms with Gasteiger partial charge in [0.25, 0.3) is 5.91 Å². The molecule has 142 valence electrons. The maximum Gasteiger partial charge on any atom is 0.274 e. The van der Waals surface area contributed by atoms with Crippen molar-refractivity contribution in [1.82, 2.24) is 4.98 Å². The molecule has 1 aromatic heterocycles. The first kappa shape index (κ1) is 19.4. The number of rotatable bonds is 6. The summed E-state index contributed by atoms with van der Waals surface area (Å²) < 4.78 is 5.24. The average Bonchev–Trinajstić information content (AvgIpc) is 2.68. The molecule has 0 spiro atoms. The van der Waals surface area contributed by atoms with E-state index in [1.807, 2.05) is 6.07 Å². The van der Waals surface area contributed by atoms with E-state index in [0.717, 1.165) is 5.69 Å². The van der Waals surface area contributed by atoms with Crippen molar-refractivity contribution in [2.75, 3.05) is 17.7 Å². The molecule has 0 saturated heterocycles. The normalized spacial score (nSPS) is 10.2. The molecule has 1 heterocycles. The van der Waals surface area contributed by atoms with E-state index in [9.17, 15) is 9.59 Å². The Bertz CT molecular complexity index is 1040. The number of aromatic nitrogens is 1. The van der Waals surface area contributed by atoms with Gasteiger partial charge in [0.2, 0.25) is 0 Å². The minimum absolute atomic E-state index is 0.0195. The number of pyridine rings is 1. The van der Waals surface area contributed by atoms with E-state index in [4.69, 9.17) is 16.3 Å². The van der Waals surface area contributed by atoms with Gasteiger partial charge in [0.1, 0.15) is 11.4 Å². The lowest BCUT2D eigenvalue weighted by molar-refractivity contribution is 0.101. The van der Waals surface area contributed by atoms with Crippen molar-refractivity contribution in [1.29, 1.82) is 0 Å². The molecule has 2 aromatic carbocycles. The number of carbonyl (C=O) groups is 2. The third-order valence-corrected chi connectivity index (χ3v) is 4.20. The molecule has 7 heteroatoms. The lowest BCUT2D eigenvalue weighted by Gasteiger charge is -2.11. The summed E-state index contributed by atoms with van der Waals surface area (Å²) in [6.07, 6.45) is 1.53. The van der Waals surface area contributed by atoms with Crippen molar-refractivity contribution >= 4 is 40.4 Å². The van der Waals surface area contributed by atoms with Crippen molar-refractivity contribution in [3.8, 4) is 5.75 Å². The van der Waals surface area contributed by atoms with Gasteiger partial charge in [-0.05, 0) is 49.4 Å². The number of hydrogen-bond donors (Lipinski definition) is 2.